The van der Waals surface area contributed by atoms with E-state index in [9.17, 15) is 14.7 Å². The molecule has 2 aromatic carbocycles. The number of aliphatic hydroxyl groups excluding tert-OH is 1. The van der Waals surface area contributed by atoms with E-state index in [-0.39, 0.29) is 16.4 Å². The van der Waals surface area contributed by atoms with Gasteiger partial charge >= 0.3 is 0 Å². The lowest BCUT2D eigenvalue weighted by Gasteiger charge is -2.31. The number of morpholine rings is 1. The number of ether oxygens (including phenoxy) is 3. The lowest BCUT2D eigenvalue weighted by Crippen LogP contribution is -2.42. The van der Waals surface area contributed by atoms with Gasteiger partial charge < -0.3 is 24.2 Å². The van der Waals surface area contributed by atoms with Crippen molar-refractivity contribution in [1.29, 1.82) is 0 Å². The third-order valence-electron chi connectivity index (χ3n) is 6.16. The van der Waals surface area contributed by atoms with Crippen molar-refractivity contribution in [2.45, 2.75) is 6.04 Å². The van der Waals surface area contributed by atoms with Crippen LogP contribution in [0.3, 0.4) is 0 Å². The first-order valence-electron chi connectivity index (χ1n) is 11.0. The van der Waals surface area contributed by atoms with Crippen LogP contribution >= 0.6 is 11.6 Å². The van der Waals surface area contributed by atoms with Gasteiger partial charge in [0.15, 0.2) is 0 Å². The first kappa shape index (κ1) is 24.1. The van der Waals surface area contributed by atoms with Gasteiger partial charge in [-0.15, -0.1) is 0 Å². The number of rotatable bonds is 7. The maximum Gasteiger partial charge on any atom is 0.295 e. The average Bonchev–Trinajstić information content (AvgIpc) is 3.12. The van der Waals surface area contributed by atoms with Crippen LogP contribution in [0.15, 0.2) is 48.0 Å². The van der Waals surface area contributed by atoms with E-state index < -0.39 is 17.7 Å². The number of ketones is 1. The summed E-state index contributed by atoms with van der Waals surface area (Å²) >= 11 is 6.25. The van der Waals surface area contributed by atoms with Crippen molar-refractivity contribution in [2.75, 3.05) is 53.6 Å². The van der Waals surface area contributed by atoms with Gasteiger partial charge in [-0.2, -0.15) is 0 Å². The highest BCUT2D eigenvalue weighted by Gasteiger charge is 2.47. The molecule has 0 aliphatic carbocycles. The van der Waals surface area contributed by atoms with Crippen LogP contribution in [0.5, 0.6) is 11.5 Å². The molecule has 0 unspecified atom stereocenters. The fourth-order valence-electron chi connectivity index (χ4n) is 4.37. The van der Waals surface area contributed by atoms with Crippen molar-refractivity contribution in [2.24, 2.45) is 0 Å². The number of aliphatic hydroxyl groups is 1. The molecule has 8 nitrogen and oxygen atoms in total. The summed E-state index contributed by atoms with van der Waals surface area (Å²) in [5, 5.41) is 11.5. The van der Waals surface area contributed by atoms with E-state index in [1.54, 1.807) is 24.3 Å². The third-order valence-corrected chi connectivity index (χ3v) is 6.45. The molecule has 0 radical (unpaired) electrons. The molecule has 1 atom stereocenters. The van der Waals surface area contributed by atoms with Crippen molar-refractivity contribution in [3.8, 4) is 11.5 Å². The lowest BCUT2D eigenvalue weighted by atomic mass is 9.94. The number of amides is 1. The molecule has 1 amide bonds. The molecule has 2 saturated heterocycles. The zero-order chi connectivity index (χ0) is 24.2. The monoisotopic (exact) mass is 486 g/mol. The van der Waals surface area contributed by atoms with Crippen molar-refractivity contribution >= 4 is 29.1 Å². The predicted molar refractivity (Wildman–Crippen MR) is 127 cm³/mol. The fraction of sp³-hybridized carbons (Fsp3) is 0.360. The van der Waals surface area contributed by atoms with E-state index in [4.69, 9.17) is 25.8 Å². The quantitative estimate of drug-likeness (QED) is 0.365. The van der Waals surface area contributed by atoms with Crippen molar-refractivity contribution in [1.82, 2.24) is 9.80 Å². The van der Waals surface area contributed by atoms with Gasteiger partial charge in [0.05, 0.1) is 44.1 Å². The van der Waals surface area contributed by atoms with Crippen LogP contribution in [0, 0.1) is 0 Å². The first-order valence-corrected chi connectivity index (χ1v) is 11.4. The topological polar surface area (TPSA) is 88.5 Å². The molecule has 0 bridgehead atoms. The second kappa shape index (κ2) is 10.5. The van der Waals surface area contributed by atoms with Gasteiger partial charge in [-0.05, 0) is 24.3 Å². The molecular formula is C25H27ClN2O6. The normalized spacial score (nSPS) is 20.6. The molecular weight excluding hydrogens is 460 g/mol. The number of benzene rings is 2. The zero-order valence-electron chi connectivity index (χ0n) is 19.1. The molecule has 180 valence electrons. The largest absolute Gasteiger partial charge is 0.507 e. The van der Waals surface area contributed by atoms with Gasteiger partial charge in [-0.25, -0.2) is 0 Å². The summed E-state index contributed by atoms with van der Waals surface area (Å²) < 4.78 is 16.1. The number of Topliss-reactive ketones (excluding diaryl/α,β-unsaturated/α-hetero) is 1. The summed E-state index contributed by atoms with van der Waals surface area (Å²) in [7, 11) is 3.02. The minimum absolute atomic E-state index is 0.00212. The van der Waals surface area contributed by atoms with E-state index in [0.29, 0.717) is 48.9 Å². The Balaban J connectivity index is 1.78. The number of hydrogen-bond acceptors (Lipinski definition) is 7. The van der Waals surface area contributed by atoms with Gasteiger partial charge in [0.25, 0.3) is 11.7 Å². The summed E-state index contributed by atoms with van der Waals surface area (Å²) in [6.45, 7) is 3.67. The fourth-order valence-corrected chi connectivity index (χ4v) is 4.63. The second-order valence-electron chi connectivity index (χ2n) is 8.04. The van der Waals surface area contributed by atoms with Gasteiger partial charge in [0, 0.05) is 37.3 Å². The molecule has 2 aliphatic rings. The van der Waals surface area contributed by atoms with Crippen LogP contribution in [-0.2, 0) is 14.3 Å². The Bertz CT molecular complexity index is 1110. The third kappa shape index (κ3) is 4.61. The van der Waals surface area contributed by atoms with Crippen molar-refractivity contribution < 1.29 is 28.9 Å². The molecule has 2 fully saturated rings. The molecule has 2 aromatic rings. The molecule has 0 spiro atoms. The molecule has 34 heavy (non-hydrogen) atoms. The number of carbonyl (C=O) groups is 2. The Morgan fingerprint density at radius 2 is 1.76 bits per heavy atom. The molecule has 0 saturated carbocycles. The minimum atomic E-state index is -0.807. The molecule has 1 N–H and O–H groups in total. The van der Waals surface area contributed by atoms with E-state index >= 15 is 0 Å². The van der Waals surface area contributed by atoms with E-state index in [1.165, 1.54) is 25.2 Å². The van der Waals surface area contributed by atoms with Crippen LogP contribution in [0.25, 0.3) is 5.76 Å². The Hall–Kier alpha value is -3.07. The molecule has 2 heterocycles. The number of para-hydroxylation sites is 1. The number of halogens is 1. The Labute approximate surface area is 203 Å². The first-order chi connectivity index (χ1) is 16.5. The summed E-state index contributed by atoms with van der Waals surface area (Å²) in [6.07, 6.45) is 0. The number of carbonyl (C=O) groups excluding carboxylic acids is 2. The summed E-state index contributed by atoms with van der Waals surface area (Å²) in [4.78, 5) is 30.1. The minimum Gasteiger partial charge on any atom is -0.507 e. The van der Waals surface area contributed by atoms with Crippen LogP contribution in [-0.4, -0.2) is 80.2 Å². The molecule has 2 aliphatic heterocycles. The Morgan fingerprint density at radius 1 is 1.06 bits per heavy atom. The predicted octanol–water partition coefficient (Wildman–Crippen LogP) is 3.11. The number of nitrogens with zero attached hydrogens (tertiary/aromatic N) is 2. The summed E-state index contributed by atoms with van der Waals surface area (Å²) in [5.74, 6) is -0.754. The van der Waals surface area contributed by atoms with E-state index in [2.05, 4.69) is 4.90 Å². The van der Waals surface area contributed by atoms with Gasteiger partial charge in [0.2, 0.25) is 0 Å². The number of likely N-dealkylation sites (tertiary alicyclic amines) is 1. The average molecular weight is 487 g/mol. The van der Waals surface area contributed by atoms with Gasteiger partial charge in [-0.1, -0.05) is 29.8 Å². The molecule has 9 heteroatoms. The van der Waals surface area contributed by atoms with Gasteiger partial charge in [0.1, 0.15) is 17.3 Å². The SMILES string of the molecule is COc1ccc(/C(O)=C2\C(=O)C(=O)N(CCN3CCOCC3)[C@H]2c2ccccc2OC)cc1Cl. The van der Waals surface area contributed by atoms with Crippen LogP contribution in [0.1, 0.15) is 17.2 Å². The van der Waals surface area contributed by atoms with Crippen LogP contribution in [0.2, 0.25) is 5.02 Å². The standard InChI is InChI=1S/C25H27ClN2O6/c1-32-19-6-4-3-5-17(19)22-21(23(29)16-7-8-20(33-2)18(26)15-16)24(30)25(31)28(22)10-9-27-11-13-34-14-12-27/h3-8,15,22,29H,9-14H2,1-2H3/b23-21+/t22-/m0/s1. The number of methoxy groups -OCH3 is 2. The highest BCUT2D eigenvalue weighted by Crippen LogP contribution is 2.43. The number of hydrogen-bond donors (Lipinski definition) is 1. The highest BCUT2D eigenvalue weighted by atomic mass is 35.5. The van der Waals surface area contributed by atoms with Crippen LogP contribution < -0.4 is 9.47 Å². The van der Waals surface area contributed by atoms with Crippen LogP contribution in [0.4, 0.5) is 0 Å². The van der Waals surface area contributed by atoms with E-state index in [1.807, 2.05) is 12.1 Å². The molecule has 4 rings (SSSR count). The second-order valence-corrected chi connectivity index (χ2v) is 8.44. The summed E-state index contributed by atoms with van der Waals surface area (Å²) in [5.41, 5.74) is 0.932. The molecule has 0 aromatic heterocycles. The Kier molecular flexibility index (Phi) is 7.41. The summed E-state index contributed by atoms with van der Waals surface area (Å²) in [6, 6.07) is 11.1. The maximum atomic E-state index is 13.2. The van der Waals surface area contributed by atoms with Gasteiger partial charge in [-0.3, -0.25) is 14.5 Å². The van der Waals surface area contributed by atoms with Crippen molar-refractivity contribution in [3.05, 3.63) is 64.2 Å². The maximum absolute atomic E-state index is 13.2. The zero-order valence-corrected chi connectivity index (χ0v) is 19.9. The Morgan fingerprint density at radius 3 is 2.44 bits per heavy atom. The smallest absolute Gasteiger partial charge is 0.295 e. The lowest BCUT2D eigenvalue weighted by molar-refractivity contribution is -0.140. The highest BCUT2D eigenvalue weighted by molar-refractivity contribution is 6.46. The van der Waals surface area contributed by atoms with Crippen molar-refractivity contribution in [3.63, 3.8) is 0 Å². The van der Waals surface area contributed by atoms with E-state index in [0.717, 1.165) is 13.1 Å².